The van der Waals surface area contributed by atoms with Gasteiger partial charge in [-0.15, -0.1) is 49.4 Å². The van der Waals surface area contributed by atoms with Crippen molar-refractivity contribution in [3.05, 3.63) is 0 Å². The van der Waals surface area contributed by atoms with Crippen molar-refractivity contribution in [1.82, 2.24) is 0 Å². The molecular weight excluding hydrogens is 867 g/mol. The van der Waals surface area contributed by atoms with Crippen molar-refractivity contribution in [3.63, 3.8) is 0 Å². The minimum absolute atomic E-state index is 0. The molecule has 0 saturated heterocycles. The van der Waals surface area contributed by atoms with Gasteiger partial charge in [-0.05, 0) is 0 Å². The first kappa shape index (κ1) is 83.5. The Hall–Kier alpha value is -7.18. The second-order valence-corrected chi connectivity index (χ2v) is 8.65. The molecule has 0 aliphatic heterocycles. The molecule has 0 spiro atoms. The molecule has 18 heteroatoms. The van der Waals surface area contributed by atoms with Crippen molar-refractivity contribution in [1.29, 1.82) is 0 Å². The zero-order valence-electron chi connectivity index (χ0n) is 37.3. The van der Waals surface area contributed by atoms with E-state index in [1.807, 2.05) is 39.5 Å². The first-order valence-corrected chi connectivity index (χ1v) is 18.1. The van der Waals surface area contributed by atoms with Crippen LogP contribution < -0.4 is 0 Å². The van der Waals surface area contributed by atoms with Crippen LogP contribution in [0.3, 0.4) is 0 Å². The Bertz CT molecular complexity index is 1480. The fourth-order valence-electron chi connectivity index (χ4n) is 0.935. The van der Waals surface area contributed by atoms with E-state index in [-0.39, 0.29) is 7.43 Å². The number of hydrogen-bond acceptors (Lipinski definition) is 14. The molecule has 352 valence electrons. The lowest BCUT2D eigenvalue weighted by molar-refractivity contribution is -0.134. The van der Waals surface area contributed by atoms with Crippen molar-refractivity contribution in [2.45, 2.75) is 114 Å². The number of carboxylic acids is 2. The Morgan fingerprint density at radius 1 is 0.413 bits per heavy atom. The molecule has 0 aromatic carbocycles. The maximum Gasteiger partial charge on any atom is 0.516 e. The average molecular weight is 930 g/mol. The van der Waals surface area contributed by atoms with Crippen molar-refractivity contribution in [2.75, 3.05) is 28.4 Å². The summed E-state index contributed by atoms with van der Waals surface area (Å²) in [6.07, 6.45) is 22.7. The number of rotatable bonds is 0. The number of terminal acetylenes is 4. The number of hydrogen-bond donors (Lipinski definition) is 2. The molecule has 0 aliphatic carbocycles. The van der Waals surface area contributed by atoms with Gasteiger partial charge in [0.25, 0.3) is 0 Å². The molecule has 0 aromatic heterocycles. The van der Waals surface area contributed by atoms with E-state index in [9.17, 15) is 38.4 Å². The number of aliphatic carboxylic acids is 2. The quantitative estimate of drug-likeness (QED) is 0.0576. The van der Waals surface area contributed by atoms with Gasteiger partial charge in [-0.25, -0.2) is 38.4 Å². The lowest BCUT2D eigenvalue weighted by Gasteiger charge is -1.93. The van der Waals surface area contributed by atoms with Gasteiger partial charge < -0.3 is 38.6 Å². The second-order valence-electron chi connectivity index (χ2n) is 8.03. The van der Waals surface area contributed by atoms with Gasteiger partial charge in [-0.2, -0.15) is 0 Å². The van der Waals surface area contributed by atoms with E-state index in [0.29, 0.717) is 25.7 Å². The van der Waals surface area contributed by atoms with Crippen molar-refractivity contribution in [3.8, 4) is 96.7 Å². The van der Waals surface area contributed by atoms with Crippen molar-refractivity contribution < 1.29 is 77.0 Å². The van der Waals surface area contributed by atoms with Crippen LogP contribution in [-0.2, 0) is 47.6 Å². The zero-order chi connectivity index (χ0) is 51.0. The van der Waals surface area contributed by atoms with E-state index in [0.717, 1.165) is 39.9 Å². The molecule has 0 rings (SSSR count). The van der Waals surface area contributed by atoms with E-state index in [4.69, 9.17) is 35.9 Å². The zero-order valence-corrected chi connectivity index (χ0v) is 38.8. The number of methoxy groups -OCH3 is 4. The topological polar surface area (TPSA) is 232 Å². The molecule has 0 saturated carbocycles. The van der Waals surface area contributed by atoms with E-state index >= 15 is 0 Å². The summed E-state index contributed by atoms with van der Waals surface area (Å²) < 4.78 is 23.9. The summed E-state index contributed by atoms with van der Waals surface area (Å²) in [5, 5.41) is 15.7. The third kappa shape index (κ3) is 184. The van der Waals surface area contributed by atoms with Crippen LogP contribution >= 0.6 is 23.2 Å². The standard InChI is InChI=1S/2C7H8O4.2C5H6O2.4C4H6.2C2H3ClO2.CH4/c2*1-3-4-5-6(8)11-7(9)10-2;2*1-2-3-4-5(6)7;4*1-3-4-2;2*1-5-2(3)4;/h2*3H2,1-2H3;2*2H2,1H3,(H,6,7);4*1H,4H2,2H3;2*1H3;1H4. The molecule has 0 radical (unpaired) electrons. The van der Waals surface area contributed by atoms with Gasteiger partial charge in [0.05, 0.1) is 28.4 Å². The number of ether oxygens (including phenoxy) is 6. The van der Waals surface area contributed by atoms with Crippen LogP contribution in [0.2, 0.25) is 0 Å². The molecule has 0 aliphatic rings. The first-order valence-electron chi connectivity index (χ1n) is 17.4. The van der Waals surface area contributed by atoms with E-state index in [1.165, 1.54) is 14.2 Å². The van der Waals surface area contributed by atoms with Gasteiger partial charge >= 0.3 is 47.0 Å². The van der Waals surface area contributed by atoms with E-state index < -0.39 is 47.0 Å². The van der Waals surface area contributed by atoms with Crippen LogP contribution in [-0.4, -0.2) is 85.7 Å². The summed E-state index contributed by atoms with van der Waals surface area (Å²) >= 11 is 9.20. The Balaban J connectivity index is -0.0000000543. The molecule has 0 unspecified atom stereocenters. The smallest absolute Gasteiger partial charge is 0.472 e. The van der Waals surface area contributed by atoms with Gasteiger partial charge in [-0.3, -0.25) is 0 Å². The molecular formula is C45H62Cl2O16. The molecule has 2 N–H and O–H groups in total. The Labute approximate surface area is 385 Å². The molecule has 63 heavy (non-hydrogen) atoms. The van der Waals surface area contributed by atoms with Crippen LogP contribution in [0.15, 0.2) is 0 Å². The molecule has 0 heterocycles. The molecule has 0 amide bonds. The maximum absolute atomic E-state index is 10.5. The predicted octanol–water partition coefficient (Wildman–Crippen LogP) is 9.13. The highest BCUT2D eigenvalue weighted by Crippen LogP contribution is 1.84. The van der Waals surface area contributed by atoms with Gasteiger partial charge in [0.15, 0.2) is 0 Å². The average Bonchev–Trinajstić information content (AvgIpc) is 3.27. The van der Waals surface area contributed by atoms with Crippen LogP contribution in [0.25, 0.3) is 0 Å². The highest BCUT2D eigenvalue weighted by molar-refractivity contribution is 6.61. The predicted molar refractivity (Wildman–Crippen MR) is 244 cm³/mol. The van der Waals surface area contributed by atoms with Gasteiger partial charge in [0, 0.05) is 98.3 Å². The molecule has 0 fully saturated rings. The number of carbonyl (C=O) groups excluding carboxylic acids is 6. The molecule has 0 atom stereocenters. The summed E-state index contributed by atoms with van der Waals surface area (Å²) in [5.41, 5.74) is -1.55. The normalized spacial score (nSPS) is 6.38. The lowest BCUT2D eigenvalue weighted by atomic mass is 10.5. The van der Waals surface area contributed by atoms with Gasteiger partial charge in [0.1, 0.15) is 0 Å². The minimum atomic E-state index is -1.05. The summed E-state index contributed by atoms with van der Waals surface area (Å²) in [6.45, 7) is 14.9. The van der Waals surface area contributed by atoms with Crippen molar-refractivity contribution in [2.24, 2.45) is 0 Å². The third-order valence-electron chi connectivity index (χ3n) is 3.30. The Kier molecular flexibility index (Phi) is 115. The summed E-state index contributed by atoms with van der Waals surface area (Å²) in [4.78, 5) is 79.3. The Morgan fingerprint density at radius 2 is 0.587 bits per heavy atom. The monoisotopic (exact) mass is 928 g/mol. The first-order chi connectivity index (χ1) is 29.1. The minimum Gasteiger partial charge on any atom is -0.472 e. The van der Waals surface area contributed by atoms with Crippen LogP contribution in [0.5, 0.6) is 0 Å². The van der Waals surface area contributed by atoms with Crippen LogP contribution in [0, 0.1) is 96.7 Å². The van der Waals surface area contributed by atoms with Crippen LogP contribution in [0.4, 0.5) is 19.2 Å². The number of carbonyl (C=O) groups is 8. The highest BCUT2D eigenvalue weighted by Gasteiger charge is 2.06. The lowest BCUT2D eigenvalue weighted by Crippen LogP contribution is -2.09. The van der Waals surface area contributed by atoms with Crippen LogP contribution in [0.1, 0.15) is 114 Å². The van der Waals surface area contributed by atoms with E-state index in [2.05, 4.69) is 111 Å². The number of halogens is 2. The summed E-state index contributed by atoms with van der Waals surface area (Å²) in [7, 11) is 4.66. The van der Waals surface area contributed by atoms with E-state index in [1.54, 1.807) is 27.7 Å². The summed E-state index contributed by atoms with van der Waals surface area (Å²) in [6, 6.07) is 0. The van der Waals surface area contributed by atoms with Crippen molar-refractivity contribution >= 4 is 70.2 Å². The molecule has 0 bridgehead atoms. The SMILES string of the molecule is C.C#CCC.C#CCC.C#CCC.C#CCC.CCC#CC(=O)O.CCC#CC(=O)O.CCC#CC(=O)OC(=O)OC.CCC#CC(=O)OC(=O)OC.COC(=O)Cl.COC(=O)Cl. The fraction of sp³-hybridized carbons (Fsp3) is 0.467. The molecule has 16 nitrogen and oxygen atoms in total. The molecule has 0 aromatic rings. The Morgan fingerprint density at radius 3 is 0.683 bits per heavy atom. The maximum atomic E-state index is 10.5. The third-order valence-corrected chi connectivity index (χ3v) is 3.61. The van der Waals surface area contributed by atoms with Gasteiger partial charge in [0.2, 0.25) is 0 Å². The second kappa shape index (κ2) is 86.6. The summed E-state index contributed by atoms with van der Waals surface area (Å²) in [5.74, 6) is 23.6. The highest BCUT2D eigenvalue weighted by atomic mass is 35.5. The number of carboxylic acid groups (broad SMARTS) is 2. The fourth-order valence-corrected chi connectivity index (χ4v) is 0.935. The number of esters is 2. The van der Waals surface area contributed by atoms with Gasteiger partial charge in [-0.1, -0.05) is 86.5 Å². The largest absolute Gasteiger partial charge is 0.516 e.